The van der Waals surface area contributed by atoms with Crippen LogP contribution in [0.25, 0.3) is 0 Å². The van der Waals surface area contributed by atoms with Gasteiger partial charge in [-0.2, -0.15) is 0 Å². The van der Waals surface area contributed by atoms with Crippen molar-refractivity contribution in [2.24, 2.45) is 0 Å². The third-order valence-corrected chi connectivity index (χ3v) is 3.39. The molecule has 0 saturated carbocycles. The molecule has 1 aromatic rings. The van der Waals surface area contributed by atoms with Crippen molar-refractivity contribution in [3.05, 3.63) is 36.9 Å². The summed E-state index contributed by atoms with van der Waals surface area (Å²) in [6, 6.07) is 7.77. The second kappa shape index (κ2) is 8.20. The summed E-state index contributed by atoms with van der Waals surface area (Å²) in [5.41, 5.74) is 0.860. The zero-order valence-electron chi connectivity index (χ0n) is 9.62. The van der Waals surface area contributed by atoms with Crippen LogP contribution in [-0.2, 0) is 4.79 Å². The number of alkyl halides is 1. The molecule has 0 aliphatic heterocycles. The number of rotatable bonds is 7. The van der Waals surface area contributed by atoms with Crippen LogP contribution in [0, 0.1) is 0 Å². The second-order valence-corrected chi connectivity index (χ2v) is 4.88. The number of para-hydroxylation sites is 1. The summed E-state index contributed by atoms with van der Waals surface area (Å²) in [4.78, 5) is 12.7. The molecule has 0 atom stereocenters. The van der Waals surface area contributed by atoms with Crippen molar-refractivity contribution in [2.45, 2.75) is 17.7 Å². The highest BCUT2D eigenvalue weighted by Crippen LogP contribution is 2.27. The van der Waals surface area contributed by atoms with Crippen molar-refractivity contribution in [1.29, 1.82) is 0 Å². The second-order valence-electron chi connectivity index (χ2n) is 3.44. The first-order valence-electron chi connectivity index (χ1n) is 5.46. The number of carbonyl (C=O) groups excluding carboxylic acids is 1. The fourth-order valence-electron chi connectivity index (χ4n) is 1.28. The molecule has 0 fully saturated rings. The van der Waals surface area contributed by atoms with Crippen molar-refractivity contribution < 1.29 is 4.79 Å². The van der Waals surface area contributed by atoms with Gasteiger partial charge in [-0.15, -0.1) is 29.9 Å². The summed E-state index contributed by atoms with van der Waals surface area (Å²) in [7, 11) is 0. The summed E-state index contributed by atoms with van der Waals surface area (Å²) in [5.74, 6) is 1.35. The number of hydrogen-bond acceptors (Lipinski definition) is 2. The number of nitrogens with one attached hydrogen (secondary N) is 1. The lowest BCUT2D eigenvalue weighted by Gasteiger charge is -2.09. The molecule has 1 amide bonds. The fourth-order valence-corrected chi connectivity index (χ4v) is 2.16. The van der Waals surface area contributed by atoms with Crippen LogP contribution in [0.2, 0.25) is 0 Å². The van der Waals surface area contributed by atoms with Crippen LogP contribution in [0.4, 0.5) is 5.69 Å². The molecule has 4 heteroatoms. The lowest BCUT2D eigenvalue weighted by molar-refractivity contribution is -0.116. The molecule has 17 heavy (non-hydrogen) atoms. The van der Waals surface area contributed by atoms with E-state index in [1.165, 1.54) is 0 Å². The third-order valence-electron chi connectivity index (χ3n) is 2.06. The van der Waals surface area contributed by atoms with E-state index in [0.29, 0.717) is 18.7 Å². The number of thioether (sulfide) groups is 1. The highest BCUT2D eigenvalue weighted by Gasteiger charge is 2.05. The Hall–Kier alpha value is -0.930. The number of benzene rings is 1. The molecule has 0 aromatic heterocycles. The Kier molecular flexibility index (Phi) is 6.82. The molecule has 0 aliphatic rings. The Balaban J connectivity index is 2.62. The molecule has 0 heterocycles. The van der Waals surface area contributed by atoms with Gasteiger partial charge >= 0.3 is 0 Å². The number of halogens is 1. The van der Waals surface area contributed by atoms with Crippen LogP contribution in [0.1, 0.15) is 12.8 Å². The molecule has 0 unspecified atom stereocenters. The lowest BCUT2D eigenvalue weighted by atomic mass is 10.3. The van der Waals surface area contributed by atoms with E-state index >= 15 is 0 Å². The molecular weight excluding hydrogens is 254 g/mol. The van der Waals surface area contributed by atoms with Crippen LogP contribution in [0.5, 0.6) is 0 Å². The molecule has 2 nitrogen and oxygen atoms in total. The SMILES string of the molecule is C=CCSc1ccccc1NC(=O)CCCCl. The van der Waals surface area contributed by atoms with Crippen LogP contribution >= 0.6 is 23.4 Å². The van der Waals surface area contributed by atoms with E-state index < -0.39 is 0 Å². The number of hydrogen-bond donors (Lipinski definition) is 1. The Morgan fingerprint density at radius 3 is 2.94 bits per heavy atom. The molecule has 92 valence electrons. The van der Waals surface area contributed by atoms with Gasteiger partial charge in [-0.25, -0.2) is 0 Å². The largest absolute Gasteiger partial charge is 0.325 e. The molecule has 1 aromatic carbocycles. The first kappa shape index (κ1) is 14.1. The summed E-state index contributed by atoms with van der Waals surface area (Å²) in [5, 5.41) is 2.90. The van der Waals surface area contributed by atoms with Crippen LogP contribution < -0.4 is 5.32 Å². The minimum absolute atomic E-state index is 0.0114. The minimum atomic E-state index is 0.0114. The summed E-state index contributed by atoms with van der Waals surface area (Å²) < 4.78 is 0. The third kappa shape index (κ3) is 5.29. The molecule has 1 rings (SSSR count). The van der Waals surface area contributed by atoms with E-state index in [1.807, 2.05) is 30.3 Å². The Morgan fingerprint density at radius 1 is 1.47 bits per heavy atom. The Morgan fingerprint density at radius 2 is 2.24 bits per heavy atom. The van der Waals surface area contributed by atoms with Crippen molar-refractivity contribution in [3.63, 3.8) is 0 Å². The summed E-state index contributed by atoms with van der Waals surface area (Å²) >= 11 is 7.21. The molecule has 0 spiro atoms. The van der Waals surface area contributed by atoms with Gasteiger partial charge in [0.05, 0.1) is 5.69 Å². The van der Waals surface area contributed by atoms with Gasteiger partial charge in [0.1, 0.15) is 0 Å². The zero-order valence-corrected chi connectivity index (χ0v) is 11.2. The molecule has 0 bridgehead atoms. The lowest BCUT2D eigenvalue weighted by Crippen LogP contribution is -2.11. The van der Waals surface area contributed by atoms with E-state index in [0.717, 1.165) is 16.3 Å². The first-order valence-corrected chi connectivity index (χ1v) is 6.98. The monoisotopic (exact) mass is 269 g/mol. The van der Waals surface area contributed by atoms with Gasteiger partial charge in [0.25, 0.3) is 0 Å². The van der Waals surface area contributed by atoms with Crippen molar-refractivity contribution in [3.8, 4) is 0 Å². The van der Waals surface area contributed by atoms with E-state index in [2.05, 4.69) is 11.9 Å². The Bertz CT molecular complexity index is 381. The van der Waals surface area contributed by atoms with E-state index in [9.17, 15) is 4.79 Å². The summed E-state index contributed by atoms with van der Waals surface area (Å²) in [6.45, 7) is 3.68. The van der Waals surface area contributed by atoms with E-state index in [4.69, 9.17) is 11.6 Å². The maximum absolute atomic E-state index is 11.6. The van der Waals surface area contributed by atoms with E-state index in [1.54, 1.807) is 11.8 Å². The number of amides is 1. The Labute approximate surface area is 111 Å². The van der Waals surface area contributed by atoms with Crippen molar-refractivity contribution in [2.75, 3.05) is 16.9 Å². The van der Waals surface area contributed by atoms with Gasteiger partial charge in [-0.1, -0.05) is 18.2 Å². The molecule has 0 saturated heterocycles. The van der Waals surface area contributed by atoms with Gasteiger partial charge in [0.2, 0.25) is 5.91 Å². The average molecular weight is 270 g/mol. The zero-order chi connectivity index (χ0) is 12.5. The minimum Gasteiger partial charge on any atom is -0.325 e. The van der Waals surface area contributed by atoms with Gasteiger partial charge < -0.3 is 5.32 Å². The van der Waals surface area contributed by atoms with Gasteiger partial charge in [-0.05, 0) is 18.6 Å². The normalized spacial score (nSPS) is 9.94. The first-order chi connectivity index (χ1) is 8.27. The number of carbonyl (C=O) groups is 1. The molecule has 1 N–H and O–H groups in total. The standard InChI is InChI=1S/C13H16ClNOS/c1-2-10-17-12-7-4-3-6-11(12)15-13(16)8-5-9-14/h2-4,6-7H,1,5,8-10H2,(H,15,16). The number of anilines is 1. The topological polar surface area (TPSA) is 29.1 Å². The van der Waals surface area contributed by atoms with Crippen LogP contribution in [0.3, 0.4) is 0 Å². The predicted octanol–water partition coefficient (Wildman–Crippen LogP) is 3.92. The molecule has 0 radical (unpaired) electrons. The van der Waals surface area contributed by atoms with E-state index in [-0.39, 0.29) is 5.91 Å². The van der Waals surface area contributed by atoms with Crippen LogP contribution in [-0.4, -0.2) is 17.5 Å². The maximum Gasteiger partial charge on any atom is 0.224 e. The highest BCUT2D eigenvalue weighted by molar-refractivity contribution is 7.99. The van der Waals surface area contributed by atoms with Crippen molar-refractivity contribution >= 4 is 35.0 Å². The van der Waals surface area contributed by atoms with Gasteiger partial charge in [-0.3, -0.25) is 4.79 Å². The molecule has 0 aliphatic carbocycles. The summed E-state index contributed by atoms with van der Waals surface area (Å²) in [6.07, 6.45) is 3.01. The smallest absolute Gasteiger partial charge is 0.224 e. The van der Waals surface area contributed by atoms with Gasteiger partial charge in [0, 0.05) is 22.9 Å². The predicted molar refractivity (Wildman–Crippen MR) is 75.9 cm³/mol. The fraction of sp³-hybridized carbons (Fsp3) is 0.308. The maximum atomic E-state index is 11.6. The average Bonchev–Trinajstić information content (AvgIpc) is 2.35. The van der Waals surface area contributed by atoms with Crippen LogP contribution in [0.15, 0.2) is 41.8 Å². The quantitative estimate of drug-likeness (QED) is 0.462. The van der Waals surface area contributed by atoms with Gasteiger partial charge in [0.15, 0.2) is 0 Å². The molecular formula is C13H16ClNOS. The van der Waals surface area contributed by atoms with Crippen molar-refractivity contribution in [1.82, 2.24) is 0 Å². The highest BCUT2D eigenvalue weighted by atomic mass is 35.5.